The van der Waals surface area contributed by atoms with Gasteiger partial charge in [-0.15, -0.1) is 0 Å². The minimum absolute atomic E-state index is 0.0887. The molecular weight excluding hydrogens is 236 g/mol. The Hall–Kier alpha value is -1.79. The van der Waals surface area contributed by atoms with E-state index >= 15 is 0 Å². The van der Waals surface area contributed by atoms with Gasteiger partial charge in [-0.05, 0) is 36.9 Å². The Bertz CT molecular complexity index is 486. The Morgan fingerprint density at radius 3 is 2.84 bits per heavy atom. The maximum atomic E-state index is 12.1. The molecule has 0 saturated carbocycles. The van der Waals surface area contributed by atoms with E-state index in [9.17, 15) is 4.79 Å². The number of benzene rings is 1. The molecule has 1 fully saturated rings. The van der Waals surface area contributed by atoms with Gasteiger partial charge in [-0.3, -0.25) is 4.79 Å². The van der Waals surface area contributed by atoms with Crippen molar-refractivity contribution in [1.29, 1.82) is 0 Å². The molecule has 1 saturated heterocycles. The summed E-state index contributed by atoms with van der Waals surface area (Å²) in [6, 6.07) is 9.58. The molecule has 0 bridgehead atoms. The molecule has 1 aromatic rings. The van der Waals surface area contributed by atoms with Gasteiger partial charge in [0.1, 0.15) is 0 Å². The Morgan fingerprint density at radius 1 is 1.42 bits per heavy atom. The molecule has 100 valence electrons. The summed E-state index contributed by atoms with van der Waals surface area (Å²) in [5.41, 5.74) is 6.62. The lowest BCUT2D eigenvalue weighted by Crippen LogP contribution is -2.45. The van der Waals surface area contributed by atoms with Crippen molar-refractivity contribution >= 4 is 5.91 Å². The van der Waals surface area contributed by atoms with Crippen LogP contribution < -0.4 is 5.73 Å². The van der Waals surface area contributed by atoms with Gasteiger partial charge in [-0.1, -0.05) is 31.0 Å². The average molecular weight is 256 g/mol. The standard InChI is InChI=1S/C16H20N2O/c1-13-9-10-18(12-15(13)11-17)16(19)8-7-14-5-3-2-4-6-14/h2-6,13,15H,9-12,17H2,1H3. The second kappa shape index (κ2) is 6.40. The molecule has 1 aliphatic rings. The first-order chi connectivity index (χ1) is 9.20. The second-order valence-corrected chi connectivity index (χ2v) is 5.13. The second-order valence-electron chi connectivity index (χ2n) is 5.13. The lowest BCUT2D eigenvalue weighted by molar-refractivity contribution is -0.127. The summed E-state index contributed by atoms with van der Waals surface area (Å²) in [5, 5.41) is 0. The fourth-order valence-electron chi connectivity index (χ4n) is 2.37. The molecule has 0 aliphatic carbocycles. The number of rotatable bonds is 1. The summed E-state index contributed by atoms with van der Waals surface area (Å²) in [7, 11) is 0. The van der Waals surface area contributed by atoms with Crippen LogP contribution in [0.2, 0.25) is 0 Å². The molecule has 3 heteroatoms. The fourth-order valence-corrected chi connectivity index (χ4v) is 2.37. The van der Waals surface area contributed by atoms with Crippen molar-refractivity contribution in [2.75, 3.05) is 19.6 Å². The molecule has 1 aromatic carbocycles. The third-order valence-electron chi connectivity index (χ3n) is 3.79. The van der Waals surface area contributed by atoms with Gasteiger partial charge in [0.05, 0.1) is 0 Å². The largest absolute Gasteiger partial charge is 0.332 e. The Kier molecular flexibility index (Phi) is 4.59. The van der Waals surface area contributed by atoms with E-state index in [0.29, 0.717) is 18.4 Å². The number of amides is 1. The van der Waals surface area contributed by atoms with Gasteiger partial charge in [0.15, 0.2) is 0 Å². The van der Waals surface area contributed by atoms with Crippen molar-refractivity contribution in [3.8, 4) is 11.8 Å². The number of carbonyl (C=O) groups excluding carboxylic acids is 1. The molecule has 2 rings (SSSR count). The third-order valence-corrected chi connectivity index (χ3v) is 3.79. The summed E-state index contributed by atoms with van der Waals surface area (Å²) in [6.07, 6.45) is 1.01. The fraction of sp³-hybridized carbons (Fsp3) is 0.438. The van der Waals surface area contributed by atoms with Gasteiger partial charge in [0.25, 0.3) is 5.91 Å². The van der Waals surface area contributed by atoms with Gasteiger partial charge in [0, 0.05) is 24.6 Å². The Labute approximate surface area is 114 Å². The van der Waals surface area contributed by atoms with E-state index in [0.717, 1.165) is 25.1 Å². The number of likely N-dealkylation sites (tertiary alicyclic amines) is 1. The number of nitrogens with zero attached hydrogens (tertiary/aromatic N) is 1. The molecule has 1 heterocycles. The minimum atomic E-state index is -0.0887. The van der Waals surface area contributed by atoms with Gasteiger partial charge in [-0.2, -0.15) is 0 Å². The zero-order valence-corrected chi connectivity index (χ0v) is 11.3. The molecule has 2 atom stereocenters. The highest BCUT2D eigenvalue weighted by Crippen LogP contribution is 2.21. The number of hydrogen-bond acceptors (Lipinski definition) is 2. The van der Waals surface area contributed by atoms with Crippen LogP contribution in [0.3, 0.4) is 0 Å². The quantitative estimate of drug-likeness (QED) is 0.774. The zero-order valence-electron chi connectivity index (χ0n) is 11.3. The predicted octanol–water partition coefficient (Wildman–Crippen LogP) is 1.48. The smallest absolute Gasteiger partial charge is 0.298 e. The van der Waals surface area contributed by atoms with Crippen LogP contribution in [0.15, 0.2) is 30.3 Å². The summed E-state index contributed by atoms with van der Waals surface area (Å²) in [6.45, 7) is 4.37. The highest BCUT2D eigenvalue weighted by molar-refractivity contribution is 5.94. The van der Waals surface area contributed by atoms with E-state index in [2.05, 4.69) is 18.8 Å². The minimum Gasteiger partial charge on any atom is -0.332 e. The number of nitrogens with two attached hydrogens (primary N) is 1. The molecular formula is C16H20N2O. The summed E-state index contributed by atoms with van der Waals surface area (Å²) in [5.74, 6) is 6.54. The Morgan fingerprint density at radius 2 is 2.16 bits per heavy atom. The molecule has 1 amide bonds. The van der Waals surface area contributed by atoms with Gasteiger partial charge < -0.3 is 10.6 Å². The lowest BCUT2D eigenvalue weighted by atomic mass is 9.87. The van der Waals surface area contributed by atoms with Crippen LogP contribution in [0.25, 0.3) is 0 Å². The third kappa shape index (κ3) is 3.59. The van der Waals surface area contributed by atoms with Crippen LogP contribution in [-0.2, 0) is 4.79 Å². The summed E-state index contributed by atoms with van der Waals surface area (Å²) >= 11 is 0. The number of hydrogen-bond donors (Lipinski definition) is 1. The maximum absolute atomic E-state index is 12.1. The van der Waals surface area contributed by atoms with Crippen LogP contribution in [-0.4, -0.2) is 30.4 Å². The number of piperidine rings is 1. The van der Waals surface area contributed by atoms with Crippen molar-refractivity contribution in [3.63, 3.8) is 0 Å². The molecule has 3 nitrogen and oxygen atoms in total. The van der Waals surface area contributed by atoms with E-state index in [1.807, 2.05) is 35.2 Å². The first-order valence-electron chi connectivity index (χ1n) is 6.76. The van der Waals surface area contributed by atoms with Gasteiger partial charge >= 0.3 is 0 Å². The van der Waals surface area contributed by atoms with Crippen molar-refractivity contribution in [2.24, 2.45) is 17.6 Å². The first kappa shape index (κ1) is 13.6. The van der Waals surface area contributed by atoms with Gasteiger partial charge in [0.2, 0.25) is 0 Å². The highest BCUT2D eigenvalue weighted by atomic mass is 16.2. The number of carbonyl (C=O) groups is 1. The monoisotopic (exact) mass is 256 g/mol. The summed E-state index contributed by atoms with van der Waals surface area (Å²) in [4.78, 5) is 13.9. The van der Waals surface area contributed by atoms with Crippen molar-refractivity contribution in [2.45, 2.75) is 13.3 Å². The van der Waals surface area contributed by atoms with E-state index in [-0.39, 0.29) is 5.91 Å². The zero-order chi connectivity index (χ0) is 13.7. The van der Waals surface area contributed by atoms with Gasteiger partial charge in [-0.25, -0.2) is 0 Å². The van der Waals surface area contributed by atoms with E-state index < -0.39 is 0 Å². The molecule has 2 N–H and O–H groups in total. The molecule has 0 spiro atoms. The van der Waals surface area contributed by atoms with Crippen LogP contribution in [0, 0.1) is 23.7 Å². The lowest BCUT2D eigenvalue weighted by Gasteiger charge is -2.35. The van der Waals surface area contributed by atoms with E-state index in [4.69, 9.17) is 5.73 Å². The van der Waals surface area contributed by atoms with Crippen molar-refractivity contribution < 1.29 is 4.79 Å². The molecule has 19 heavy (non-hydrogen) atoms. The van der Waals surface area contributed by atoms with Crippen molar-refractivity contribution in [3.05, 3.63) is 35.9 Å². The Balaban J connectivity index is 1.99. The molecule has 2 unspecified atom stereocenters. The molecule has 1 aliphatic heterocycles. The van der Waals surface area contributed by atoms with Crippen LogP contribution in [0.4, 0.5) is 0 Å². The van der Waals surface area contributed by atoms with Crippen LogP contribution in [0.5, 0.6) is 0 Å². The highest BCUT2D eigenvalue weighted by Gasteiger charge is 2.27. The van der Waals surface area contributed by atoms with E-state index in [1.165, 1.54) is 0 Å². The summed E-state index contributed by atoms with van der Waals surface area (Å²) < 4.78 is 0. The SMILES string of the molecule is CC1CCN(C(=O)C#Cc2ccccc2)CC1CN. The predicted molar refractivity (Wildman–Crippen MR) is 76.2 cm³/mol. The molecule has 0 radical (unpaired) electrons. The normalized spacial score (nSPS) is 22.5. The van der Waals surface area contributed by atoms with E-state index in [1.54, 1.807) is 0 Å². The average Bonchev–Trinajstić information content (AvgIpc) is 2.46. The maximum Gasteiger partial charge on any atom is 0.298 e. The van der Waals surface area contributed by atoms with Crippen LogP contribution >= 0.6 is 0 Å². The first-order valence-corrected chi connectivity index (χ1v) is 6.76. The molecule has 0 aromatic heterocycles. The van der Waals surface area contributed by atoms with Crippen molar-refractivity contribution in [1.82, 2.24) is 4.90 Å². The topological polar surface area (TPSA) is 46.3 Å². The van der Waals surface area contributed by atoms with Crippen LogP contribution in [0.1, 0.15) is 18.9 Å².